The van der Waals surface area contributed by atoms with E-state index in [1.54, 1.807) is 4.68 Å². The Hall–Kier alpha value is -2.63. The van der Waals surface area contributed by atoms with Gasteiger partial charge in [0, 0.05) is 5.70 Å². The maximum absolute atomic E-state index is 12.8. The molecule has 0 radical (unpaired) electrons. The lowest BCUT2D eigenvalue weighted by Gasteiger charge is -2.29. The monoisotopic (exact) mass is 340 g/mol. The zero-order chi connectivity index (χ0) is 18.0. The Bertz CT molecular complexity index is 805. The number of fused-ring (bicyclic) bond motifs is 1. The van der Waals surface area contributed by atoms with Gasteiger partial charge in [0.2, 0.25) is 5.95 Å². The van der Waals surface area contributed by atoms with Crippen LogP contribution in [0.3, 0.4) is 0 Å². The Morgan fingerprint density at radius 1 is 1.24 bits per heavy atom. The van der Waals surface area contributed by atoms with Crippen LogP contribution in [0.4, 0.5) is 5.95 Å². The van der Waals surface area contributed by atoms with E-state index in [9.17, 15) is 4.79 Å². The number of benzene rings is 1. The first kappa shape index (κ1) is 17.2. The van der Waals surface area contributed by atoms with Crippen LogP contribution in [0.25, 0.3) is 0 Å². The largest absolute Gasteiger partial charge is 0.463 e. The fraction of sp³-hybridized carbons (Fsp3) is 0.421. The molecule has 1 aromatic carbocycles. The SMILES string of the molecule is CCCC1=C(C(=O)OCC)[C@@H](c2ccc(C)cc2)n2nc(C)nc2N1. The van der Waals surface area contributed by atoms with Gasteiger partial charge in [0.15, 0.2) is 0 Å². The van der Waals surface area contributed by atoms with Crippen LogP contribution in [0.1, 0.15) is 49.7 Å². The van der Waals surface area contributed by atoms with Crippen molar-refractivity contribution in [3.05, 3.63) is 52.5 Å². The van der Waals surface area contributed by atoms with Gasteiger partial charge in [-0.3, -0.25) is 0 Å². The highest BCUT2D eigenvalue weighted by Gasteiger charge is 2.35. The molecule has 0 aliphatic carbocycles. The first-order valence-corrected chi connectivity index (χ1v) is 8.72. The minimum absolute atomic E-state index is 0.303. The van der Waals surface area contributed by atoms with Crippen molar-refractivity contribution in [2.45, 2.75) is 46.6 Å². The van der Waals surface area contributed by atoms with Gasteiger partial charge in [-0.15, -0.1) is 0 Å². The second-order valence-electron chi connectivity index (χ2n) is 6.23. The van der Waals surface area contributed by atoms with Crippen LogP contribution in [0.5, 0.6) is 0 Å². The summed E-state index contributed by atoms with van der Waals surface area (Å²) in [7, 11) is 0. The molecule has 0 saturated carbocycles. The number of carbonyl (C=O) groups is 1. The van der Waals surface area contributed by atoms with Gasteiger partial charge < -0.3 is 10.1 Å². The van der Waals surface area contributed by atoms with Crippen molar-refractivity contribution in [2.24, 2.45) is 0 Å². The van der Waals surface area contributed by atoms with E-state index < -0.39 is 0 Å². The van der Waals surface area contributed by atoms with E-state index in [1.807, 2.05) is 45.0 Å². The van der Waals surface area contributed by atoms with E-state index in [1.165, 1.54) is 5.56 Å². The average Bonchev–Trinajstić information content (AvgIpc) is 2.95. The summed E-state index contributed by atoms with van der Waals surface area (Å²) >= 11 is 0. The number of rotatable bonds is 5. The Balaban J connectivity index is 2.18. The van der Waals surface area contributed by atoms with Gasteiger partial charge in [0.1, 0.15) is 11.9 Å². The molecule has 0 saturated heterocycles. The van der Waals surface area contributed by atoms with Crippen LogP contribution in [0.15, 0.2) is 35.5 Å². The normalized spacial score (nSPS) is 16.4. The number of nitrogens with one attached hydrogen (secondary N) is 1. The molecule has 0 spiro atoms. The van der Waals surface area contributed by atoms with E-state index in [0.717, 1.165) is 24.1 Å². The summed E-state index contributed by atoms with van der Waals surface area (Å²) in [6.45, 7) is 8.14. The average molecular weight is 340 g/mol. The van der Waals surface area contributed by atoms with Gasteiger partial charge in [-0.2, -0.15) is 10.1 Å². The maximum atomic E-state index is 12.8. The van der Waals surface area contributed by atoms with Crippen molar-refractivity contribution >= 4 is 11.9 Å². The third-order valence-electron chi connectivity index (χ3n) is 4.23. The van der Waals surface area contributed by atoms with Gasteiger partial charge in [-0.05, 0) is 32.8 Å². The smallest absolute Gasteiger partial charge is 0.338 e. The van der Waals surface area contributed by atoms with Crippen LogP contribution in [-0.4, -0.2) is 27.3 Å². The fourth-order valence-corrected chi connectivity index (χ4v) is 3.13. The molecule has 1 aromatic heterocycles. The second-order valence-corrected chi connectivity index (χ2v) is 6.23. The standard InChI is InChI=1S/C19H24N4O2/c1-5-7-15-16(18(24)25-6-2)17(14-10-8-12(3)9-11-14)23-19(21-15)20-13(4)22-23/h8-11,17H,5-7H2,1-4H3,(H,20,21,22)/t17-/m1/s1. The van der Waals surface area contributed by atoms with Crippen LogP contribution in [0, 0.1) is 13.8 Å². The quantitative estimate of drug-likeness (QED) is 0.843. The minimum atomic E-state index is -0.335. The first-order valence-electron chi connectivity index (χ1n) is 8.72. The molecular weight excluding hydrogens is 316 g/mol. The molecule has 25 heavy (non-hydrogen) atoms. The molecular formula is C19H24N4O2. The van der Waals surface area contributed by atoms with E-state index in [-0.39, 0.29) is 12.0 Å². The van der Waals surface area contributed by atoms with Gasteiger partial charge in [-0.1, -0.05) is 43.2 Å². The number of aromatic nitrogens is 3. The fourth-order valence-electron chi connectivity index (χ4n) is 3.13. The minimum Gasteiger partial charge on any atom is -0.463 e. The van der Waals surface area contributed by atoms with Crippen molar-refractivity contribution in [3.63, 3.8) is 0 Å². The molecule has 0 bridgehead atoms. The van der Waals surface area contributed by atoms with E-state index in [4.69, 9.17) is 4.74 Å². The summed E-state index contributed by atoms with van der Waals surface area (Å²) in [6.07, 6.45) is 1.67. The number of esters is 1. The highest BCUT2D eigenvalue weighted by Crippen LogP contribution is 2.37. The van der Waals surface area contributed by atoms with Crippen LogP contribution in [0.2, 0.25) is 0 Å². The molecule has 2 aromatic rings. The summed E-state index contributed by atoms with van der Waals surface area (Å²) in [5.74, 6) is 1.03. The summed E-state index contributed by atoms with van der Waals surface area (Å²) < 4.78 is 7.14. The summed E-state index contributed by atoms with van der Waals surface area (Å²) in [6, 6.07) is 7.83. The van der Waals surface area contributed by atoms with Crippen LogP contribution < -0.4 is 5.32 Å². The molecule has 6 heteroatoms. The molecule has 1 aliphatic rings. The molecule has 0 unspecified atom stereocenters. The van der Waals surface area contributed by atoms with E-state index >= 15 is 0 Å². The van der Waals surface area contributed by atoms with E-state index in [2.05, 4.69) is 22.3 Å². The molecule has 2 heterocycles. The predicted octanol–water partition coefficient (Wildman–Crippen LogP) is 3.53. The maximum Gasteiger partial charge on any atom is 0.338 e. The molecule has 1 N–H and O–H groups in total. The summed E-state index contributed by atoms with van der Waals surface area (Å²) in [5, 5.41) is 7.81. The molecule has 0 fully saturated rings. The van der Waals surface area contributed by atoms with Crippen molar-refractivity contribution in [2.75, 3.05) is 11.9 Å². The lowest BCUT2D eigenvalue weighted by Crippen LogP contribution is -2.30. The zero-order valence-corrected chi connectivity index (χ0v) is 15.2. The molecule has 1 atom stereocenters. The molecule has 1 aliphatic heterocycles. The lowest BCUT2D eigenvalue weighted by atomic mass is 9.93. The predicted molar refractivity (Wildman–Crippen MR) is 96.3 cm³/mol. The van der Waals surface area contributed by atoms with Crippen molar-refractivity contribution in [1.29, 1.82) is 0 Å². The number of anilines is 1. The van der Waals surface area contributed by atoms with Crippen LogP contribution in [-0.2, 0) is 9.53 Å². The van der Waals surface area contributed by atoms with Crippen molar-refractivity contribution in [3.8, 4) is 0 Å². The number of aryl methyl sites for hydroxylation is 2. The summed E-state index contributed by atoms with van der Waals surface area (Å²) in [5.41, 5.74) is 3.65. The third-order valence-corrected chi connectivity index (χ3v) is 4.23. The second kappa shape index (κ2) is 7.09. The Morgan fingerprint density at radius 2 is 1.96 bits per heavy atom. The Labute approximate surface area is 147 Å². The highest BCUT2D eigenvalue weighted by molar-refractivity contribution is 5.92. The number of nitrogens with zero attached hydrogens (tertiary/aromatic N) is 3. The molecule has 0 amide bonds. The van der Waals surface area contributed by atoms with Gasteiger partial charge in [0.05, 0.1) is 12.2 Å². The lowest BCUT2D eigenvalue weighted by molar-refractivity contribution is -0.139. The Kier molecular flexibility index (Phi) is 4.88. The van der Waals surface area contributed by atoms with E-state index in [0.29, 0.717) is 24.0 Å². The topological polar surface area (TPSA) is 69.0 Å². The van der Waals surface area contributed by atoms with Crippen LogP contribution >= 0.6 is 0 Å². The third kappa shape index (κ3) is 3.29. The number of carbonyl (C=O) groups excluding carboxylic acids is 1. The molecule has 6 nitrogen and oxygen atoms in total. The number of ether oxygens (including phenoxy) is 1. The van der Waals surface area contributed by atoms with Crippen molar-refractivity contribution < 1.29 is 9.53 Å². The number of allylic oxidation sites excluding steroid dienone is 1. The Morgan fingerprint density at radius 3 is 2.60 bits per heavy atom. The first-order chi connectivity index (χ1) is 12.0. The number of hydrogen-bond acceptors (Lipinski definition) is 5. The highest BCUT2D eigenvalue weighted by atomic mass is 16.5. The zero-order valence-electron chi connectivity index (χ0n) is 15.2. The summed E-state index contributed by atoms with van der Waals surface area (Å²) in [4.78, 5) is 17.2. The van der Waals surface area contributed by atoms with Gasteiger partial charge in [0.25, 0.3) is 0 Å². The van der Waals surface area contributed by atoms with Gasteiger partial charge >= 0.3 is 5.97 Å². The van der Waals surface area contributed by atoms with Crippen molar-refractivity contribution in [1.82, 2.24) is 14.8 Å². The van der Waals surface area contributed by atoms with Gasteiger partial charge in [-0.25, -0.2) is 9.48 Å². The molecule has 132 valence electrons. The molecule has 3 rings (SSSR count). The number of hydrogen-bond donors (Lipinski definition) is 1.